The van der Waals surface area contributed by atoms with Crippen molar-refractivity contribution in [3.05, 3.63) is 27.2 Å². The standard InChI is InChI=1S/C11H15BrClNO/c1-11(2,3)10(14)6-4-7(12)9(15)5-8(6)13/h4-5,10,15H,14H2,1-3H3. The molecule has 0 aliphatic rings. The topological polar surface area (TPSA) is 46.2 Å². The Morgan fingerprint density at radius 1 is 1.40 bits per heavy atom. The fraction of sp³-hybridized carbons (Fsp3) is 0.455. The Kier molecular flexibility index (Phi) is 3.69. The van der Waals surface area contributed by atoms with Crippen molar-refractivity contribution in [3.63, 3.8) is 0 Å². The molecule has 3 N–H and O–H groups in total. The van der Waals surface area contributed by atoms with Gasteiger partial charge in [0.2, 0.25) is 0 Å². The number of phenolic OH excluding ortho intramolecular Hbond substituents is 1. The van der Waals surface area contributed by atoms with Crippen molar-refractivity contribution < 1.29 is 5.11 Å². The molecule has 0 heterocycles. The van der Waals surface area contributed by atoms with E-state index in [4.69, 9.17) is 17.3 Å². The molecule has 1 unspecified atom stereocenters. The van der Waals surface area contributed by atoms with E-state index in [2.05, 4.69) is 36.7 Å². The first-order valence-electron chi connectivity index (χ1n) is 4.67. The van der Waals surface area contributed by atoms with Crippen LogP contribution in [0.15, 0.2) is 16.6 Å². The largest absolute Gasteiger partial charge is 0.507 e. The molecule has 0 bridgehead atoms. The third-order valence-electron chi connectivity index (χ3n) is 2.33. The molecule has 0 spiro atoms. The van der Waals surface area contributed by atoms with Gasteiger partial charge in [0.05, 0.1) is 4.47 Å². The summed E-state index contributed by atoms with van der Waals surface area (Å²) in [5.41, 5.74) is 6.88. The lowest BCUT2D eigenvalue weighted by Gasteiger charge is -2.28. The number of phenols is 1. The smallest absolute Gasteiger partial charge is 0.131 e. The van der Waals surface area contributed by atoms with Gasteiger partial charge >= 0.3 is 0 Å². The highest BCUT2D eigenvalue weighted by Crippen LogP contribution is 2.38. The summed E-state index contributed by atoms with van der Waals surface area (Å²) >= 11 is 9.29. The van der Waals surface area contributed by atoms with Gasteiger partial charge in [0.15, 0.2) is 0 Å². The van der Waals surface area contributed by atoms with Crippen molar-refractivity contribution in [3.8, 4) is 5.75 Å². The van der Waals surface area contributed by atoms with Gasteiger partial charge in [-0.15, -0.1) is 0 Å². The Hall–Kier alpha value is -0.250. The van der Waals surface area contributed by atoms with Gasteiger partial charge in [-0.3, -0.25) is 0 Å². The van der Waals surface area contributed by atoms with Crippen molar-refractivity contribution in [2.24, 2.45) is 11.1 Å². The first-order valence-corrected chi connectivity index (χ1v) is 5.84. The van der Waals surface area contributed by atoms with Crippen LogP contribution >= 0.6 is 27.5 Å². The summed E-state index contributed by atoms with van der Waals surface area (Å²) in [4.78, 5) is 0. The van der Waals surface area contributed by atoms with Gasteiger partial charge in [0, 0.05) is 11.1 Å². The van der Waals surface area contributed by atoms with Crippen LogP contribution in [0.1, 0.15) is 32.4 Å². The summed E-state index contributed by atoms with van der Waals surface area (Å²) < 4.78 is 0.613. The Morgan fingerprint density at radius 2 is 1.93 bits per heavy atom. The molecule has 4 heteroatoms. The number of nitrogens with two attached hydrogens (primary N) is 1. The van der Waals surface area contributed by atoms with Crippen LogP contribution in [-0.2, 0) is 0 Å². The van der Waals surface area contributed by atoms with Crippen molar-refractivity contribution in [1.82, 2.24) is 0 Å². The van der Waals surface area contributed by atoms with Crippen LogP contribution in [0.25, 0.3) is 0 Å². The predicted molar refractivity (Wildman–Crippen MR) is 67.2 cm³/mol. The van der Waals surface area contributed by atoms with Crippen LogP contribution in [0, 0.1) is 5.41 Å². The second kappa shape index (κ2) is 4.32. The minimum Gasteiger partial charge on any atom is -0.507 e. The van der Waals surface area contributed by atoms with Crippen molar-refractivity contribution >= 4 is 27.5 Å². The number of hydrogen-bond donors (Lipinski definition) is 2. The Morgan fingerprint density at radius 3 is 2.40 bits per heavy atom. The minimum atomic E-state index is -0.165. The number of halogens is 2. The number of benzene rings is 1. The number of aromatic hydroxyl groups is 1. The third kappa shape index (κ3) is 2.86. The molecule has 0 aliphatic carbocycles. The molecular formula is C11H15BrClNO. The zero-order valence-electron chi connectivity index (χ0n) is 9.01. The number of hydrogen-bond acceptors (Lipinski definition) is 2. The Balaban J connectivity index is 3.21. The quantitative estimate of drug-likeness (QED) is 0.826. The summed E-state index contributed by atoms with van der Waals surface area (Å²) in [6.45, 7) is 6.15. The lowest BCUT2D eigenvalue weighted by Crippen LogP contribution is -2.26. The highest BCUT2D eigenvalue weighted by molar-refractivity contribution is 9.10. The molecule has 0 aliphatic heterocycles. The van der Waals surface area contributed by atoms with Gasteiger partial charge in [0.1, 0.15) is 5.75 Å². The first-order chi connectivity index (χ1) is 6.73. The maximum Gasteiger partial charge on any atom is 0.131 e. The van der Waals surface area contributed by atoms with E-state index in [0.29, 0.717) is 9.50 Å². The van der Waals surface area contributed by atoms with Crippen LogP contribution in [-0.4, -0.2) is 5.11 Å². The molecule has 0 fully saturated rings. The lowest BCUT2D eigenvalue weighted by molar-refractivity contribution is 0.326. The van der Waals surface area contributed by atoms with Crippen LogP contribution in [0.3, 0.4) is 0 Å². The lowest BCUT2D eigenvalue weighted by atomic mass is 9.83. The summed E-state index contributed by atoms with van der Waals surface area (Å²) in [7, 11) is 0. The van der Waals surface area contributed by atoms with E-state index >= 15 is 0 Å². The molecule has 0 saturated carbocycles. The van der Waals surface area contributed by atoms with E-state index in [1.807, 2.05) is 0 Å². The van der Waals surface area contributed by atoms with E-state index in [0.717, 1.165) is 5.56 Å². The molecule has 1 aromatic carbocycles. The SMILES string of the molecule is CC(C)(C)C(N)c1cc(Br)c(O)cc1Cl. The molecule has 1 rings (SSSR count). The Labute approximate surface area is 104 Å². The average molecular weight is 293 g/mol. The second-order valence-corrected chi connectivity index (χ2v) is 5.93. The summed E-state index contributed by atoms with van der Waals surface area (Å²) in [6.07, 6.45) is 0. The summed E-state index contributed by atoms with van der Waals surface area (Å²) in [5.74, 6) is 0.129. The molecule has 1 aromatic rings. The first kappa shape index (κ1) is 12.8. The molecule has 0 aromatic heterocycles. The van der Waals surface area contributed by atoms with Gasteiger partial charge in [-0.25, -0.2) is 0 Å². The van der Waals surface area contributed by atoms with Gasteiger partial charge in [-0.2, -0.15) is 0 Å². The highest BCUT2D eigenvalue weighted by Gasteiger charge is 2.25. The Bertz CT molecular complexity index is 374. The van der Waals surface area contributed by atoms with Crippen LogP contribution in [0.2, 0.25) is 5.02 Å². The monoisotopic (exact) mass is 291 g/mol. The molecule has 0 saturated heterocycles. The van der Waals surface area contributed by atoms with E-state index in [-0.39, 0.29) is 17.2 Å². The van der Waals surface area contributed by atoms with Crippen molar-refractivity contribution in [1.29, 1.82) is 0 Å². The van der Waals surface area contributed by atoms with Crippen LogP contribution in [0.5, 0.6) is 5.75 Å². The molecule has 2 nitrogen and oxygen atoms in total. The van der Waals surface area contributed by atoms with E-state index in [1.54, 1.807) is 6.07 Å². The van der Waals surface area contributed by atoms with Crippen LogP contribution in [0.4, 0.5) is 0 Å². The molecule has 15 heavy (non-hydrogen) atoms. The van der Waals surface area contributed by atoms with Gasteiger partial charge in [-0.05, 0) is 39.0 Å². The van der Waals surface area contributed by atoms with Crippen molar-refractivity contribution in [2.75, 3.05) is 0 Å². The molecule has 0 radical (unpaired) electrons. The maximum absolute atomic E-state index is 9.44. The zero-order valence-corrected chi connectivity index (χ0v) is 11.4. The maximum atomic E-state index is 9.44. The fourth-order valence-electron chi connectivity index (χ4n) is 1.26. The number of rotatable bonds is 1. The highest BCUT2D eigenvalue weighted by atomic mass is 79.9. The van der Waals surface area contributed by atoms with Crippen molar-refractivity contribution in [2.45, 2.75) is 26.8 Å². The van der Waals surface area contributed by atoms with E-state index in [1.165, 1.54) is 6.07 Å². The van der Waals surface area contributed by atoms with Gasteiger partial charge < -0.3 is 10.8 Å². The molecule has 0 amide bonds. The van der Waals surface area contributed by atoms with Crippen LogP contribution < -0.4 is 5.73 Å². The van der Waals surface area contributed by atoms with E-state index in [9.17, 15) is 5.11 Å². The predicted octanol–water partition coefficient (Wildman–Crippen LogP) is 3.85. The second-order valence-electron chi connectivity index (χ2n) is 4.67. The molecule has 84 valence electrons. The fourth-order valence-corrected chi connectivity index (χ4v) is 1.89. The molecule has 1 atom stereocenters. The van der Waals surface area contributed by atoms with Gasteiger partial charge in [-0.1, -0.05) is 32.4 Å². The normalized spacial score (nSPS) is 14.0. The third-order valence-corrected chi connectivity index (χ3v) is 3.30. The molecular weight excluding hydrogens is 277 g/mol. The summed E-state index contributed by atoms with van der Waals surface area (Å²) in [6, 6.07) is 3.11. The summed E-state index contributed by atoms with van der Waals surface area (Å²) in [5, 5.41) is 9.94. The van der Waals surface area contributed by atoms with E-state index < -0.39 is 0 Å². The minimum absolute atomic E-state index is 0.0694. The van der Waals surface area contributed by atoms with Gasteiger partial charge in [0.25, 0.3) is 0 Å². The zero-order chi connectivity index (χ0) is 11.8. The average Bonchev–Trinajstić information content (AvgIpc) is 2.08.